The molecule has 4 heteroatoms. The van der Waals surface area contributed by atoms with E-state index in [-0.39, 0.29) is 12.4 Å². The molecule has 0 unspecified atom stereocenters. The largest absolute Gasteiger partial charge is 0.485 e. The molecule has 19 heavy (non-hydrogen) atoms. The summed E-state index contributed by atoms with van der Waals surface area (Å²) in [4.78, 5) is 10.9. The third-order valence-electron chi connectivity index (χ3n) is 2.86. The van der Waals surface area contributed by atoms with Crippen molar-refractivity contribution in [2.24, 2.45) is 0 Å². The minimum absolute atomic E-state index is 0.0285. The van der Waals surface area contributed by atoms with Crippen molar-refractivity contribution in [3.63, 3.8) is 0 Å². The van der Waals surface area contributed by atoms with Crippen LogP contribution >= 0.6 is 0 Å². The molecule has 1 N–H and O–H groups in total. The highest BCUT2D eigenvalue weighted by molar-refractivity contribution is 5.86. The number of hydrogen-bond acceptors (Lipinski definition) is 3. The van der Waals surface area contributed by atoms with Crippen LogP contribution in [-0.2, 0) is 6.61 Å². The van der Waals surface area contributed by atoms with Gasteiger partial charge < -0.3 is 14.3 Å². The Morgan fingerprint density at radius 1 is 1.21 bits per heavy atom. The van der Waals surface area contributed by atoms with Crippen LogP contribution < -0.4 is 4.74 Å². The van der Waals surface area contributed by atoms with Crippen molar-refractivity contribution < 1.29 is 19.1 Å². The van der Waals surface area contributed by atoms with Crippen LogP contribution in [-0.4, -0.2) is 11.1 Å². The molecular formula is C15H16O4. The van der Waals surface area contributed by atoms with E-state index < -0.39 is 5.97 Å². The van der Waals surface area contributed by atoms with Crippen molar-refractivity contribution in [3.8, 4) is 5.75 Å². The summed E-state index contributed by atoms with van der Waals surface area (Å²) in [6.07, 6.45) is 0. The van der Waals surface area contributed by atoms with Gasteiger partial charge in [0.1, 0.15) is 18.1 Å². The fourth-order valence-corrected chi connectivity index (χ4v) is 1.94. The van der Waals surface area contributed by atoms with Crippen molar-refractivity contribution in [2.45, 2.75) is 27.4 Å². The van der Waals surface area contributed by atoms with Gasteiger partial charge in [0.15, 0.2) is 0 Å². The second kappa shape index (κ2) is 5.18. The van der Waals surface area contributed by atoms with Crippen LogP contribution in [0.15, 0.2) is 28.7 Å². The fraction of sp³-hybridized carbons (Fsp3) is 0.267. The van der Waals surface area contributed by atoms with Crippen LogP contribution in [0.4, 0.5) is 0 Å². The summed E-state index contributed by atoms with van der Waals surface area (Å²) in [5, 5.41) is 8.90. The number of rotatable bonds is 4. The van der Waals surface area contributed by atoms with Crippen LogP contribution in [0.1, 0.15) is 33.0 Å². The maximum absolute atomic E-state index is 10.9. The Morgan fingerprint density at radius 3 is 2.53 bits per heavy atom. The number of aromatic carboxylic acids is 1. The Hall–Kier alpha value is -2.23. The molecule has 0 spiro atoms. The van der Waals surface area contributed by atoms with Gasteiger partial charge >= 0.3 is 5.97 Å². The van der Waals surface area contributed by atoms with E-state index in [9.17, 15) is 4.79 Å². The molecule has 100 valence electrons. The summed E-state index contributed by atoms with van der Waals surface area (Å²) in [5.74, 6) is 0.195. The van der Waals surface area contributed by atoms with Gasteiger partial charge in [0.25, 0.3) is 0 Å². The molecule has 0 atom stereocenters. The van der Waals surface area contributed by atoms with E-state index in [0.717, 1.165) is 11.3 Å². The minimum Gasteiger partial charge on any atom is -0.485 e. The summed E-state index contributed by atoms with van der Waals surface area (Å²) in [6.45, 7) is 5.91. The van der Waals surface area contributed by atoms with Gasteiger partial charge in [0, 0.05) is 5.56 Å². The molecule has 0 bridgehead atoms. The van der Waals surface area contributed by atoms with Gasteiger partial charge in [-0.25, -0.2) is 4.79 Å². The third-order valence-corrected chi connectivity index (χ3v) is 2.86. The molecular weight excluding hydrogens is 244 g/mol. The van der Waals surface area contributed by atoms with Crippen molar-refractivity contribution in [1.82, 2.24) is 0 Å². The zero-order chi connectivity index (χ0) is 14.0. The Morgan fingerprint density at radius 2 is 1.95 bits per heavy atom. The number of carboxylic acids is 1. The zero-order valence-electron chi connectivity index (χ0n) is 11.2. The standard InChI is InChI=1S/C15H16O4/c1-9-4-5-13(10(2)6-9)18-8-12-7-11(3)14(19-12)15(16)17/h4-7H,8H2,1-3H3,(H,16,17). The predicted molar refractivity (Wildman–Crippen MR) is 70.7 cm³/mol. The second-order valence-electron chi connectivity index (χ2n) is 4.59. The number of benzene rings is 1. The number of carboxylic acid groups (broad SMARTS) is 1. The number of hydrogen-bond donors (Lipinski definition) is 1. The lowest BCUT2D eigenvalue weighted by Crippen LogP contribution is -1.97. The van der Waals surface area contributed by atoms with Gasteiger partial charge in [-0.05, 0) is 38.5 Å². The highest BCUT2D eigenvalue weighted by atomic mass is 16.5. The van der Waals surface area contributed by atoms with Crippen molar-refractivity contribution in [2.75, 3.05) is 0 Å². The molecule has 0 saturated carbocycles. The lowest BCUT2D eigenvalue weighted by molar-refractivity contribution is 0.0657. The highest BCUT2D eigenvalue weighted by Crippen LogP contribution is 2.21. The Bertz CT molecular complexity index is 611. The molecule has 0 radical (unpaired) electrons. The lowest BCUT2D eigenvalue weighted by atomic mass is 10.1. The summed E-state index contributed by atoms with van der Waals surface area (Å²) in [5.41, 5.74) is 2.82. The van der Waals surface area contributed by atoms with Crippen LogP contribution in [0.3, 0.4) is 0 Å². The zero-order valence-corrected chi connectivity index (χ0v) is 11.2. The third kappa shape index (κ3) is 2.96. The molecule has 0 aliphatic rings. The molecule has 0 amide bonds. The number of aryl methyl sites for hydroxylation is 3. The van der Waals surface area contributed by atoms with E-state index >= 15 is 0 Å². The van der Waals surface area contributed by atoms with E-state index in [1.54, 1.807) is 13.0 Å². The average molecular weight is 260 g/mol. The van der Waals surface area contributed by atoms with Gasteiger partial charge in [-0.2, -0.15) is 0 Å². The van der Waals surface area contributed by atoms with Gasteiger partial charge in [-0.15, -0.1) is 0 Å². The first kappa shape index (κ1) is 13.2. The Kier molecular flexibility index (Phi) is 3.60. The van der Waals surface area contributed by atoms with Gasteiger partial charge in [-0.3, -0.25) is 0 Å². The maximum atomic E-state index is 10.9. The average Bonchev–Trinajstić information content (AvgIpc) is 2.69. The molecule has 2 rings (SSSR count). The van der Waals surface area contributed by atoms with Crippen LogP contribution in [0, 0.1) is 20.8 Å². The summed E-state index contributed by atoms with van der Waals surface area (Å²) in [7, 11) is 0. The second-order valence-corrected chi connectivity index (χ2v) is 4.59. The van der Waals surface area contributed by atoms with Crippen LogP contribution in [0.5, 0.6) is 5.75 Å². The van der Waals surface area contributed by atoms with Crippen LogP contribution in [0.25, 0.3) is 0 Å². The fourth-order valence-electron chi connectivity index (χ4n) is 1.94. The topological polar surface area (TPSA) is 59.7 Å². The van der Waals surface area contributed by atoms with E-state index in [2.05, 4.69) is 0 Å². The monoisotopic (exact) mass is 260 g/mol. The van der Waals surface area contributed by atoms with Crippen molar-refractivity contribution >= 4 is 5.97 Å². The molecule has 0 aliphatic heterocycles. The molecule has 1 heterocycles. The predicted octanol–water partition coefficient (Wildman–Crippen LogP) is 3.48. The Balaban J connectivity index is 2.10. The SMILES string of the molecule is Cc1ccc(OCc2cc(C)c(C(=O)O)o2)c(C)c1. The Labute approximate surface area is 111 Å². The molecule has 2 aromatic rings. The smallest absolute Gasteiger partial charge is 0.372 e. The minimum atomic E-state index is -1.06. The van der Waals surface area contributed by atoms with E-state index in [4.69, 9.17) is 14.3 Å². The molecule has 1 aromatic heterocycles. The molecule has 4 nitrogen and oxygen atoms in total. The molecule has 0 fully saturated rings. The first-order valence-electron chi connectivity index (χ1n) is 6.00. The number of ether oxygens (including phenoxy) is 1. The first-order valence-corrected chi connectivity index (χ1v) is 6.00. The molecule has 1 aromatic carbocycles. The lowest BCUT2D eigenvalue weighted by Gasteiger charge is -2.08. The quantitative estimate of drug-likeness (QED) is 0.914. The number of carbonyl (C=O) groups is 1. The van der Waals surface area contributed by atoms with Gasteiger partial charge in [0.05, 0.1) is 0 Å². The van der Waals surface area contributed by atoms with Crippen molar-refractivity contribution in [3.05, 3.63) is 52.5 Å². The van der Waals surface area contributed by atoms with Crippen molar-refractivity contribution in [1.29, 1.82) is 0 Å². The maximum Gasteiger partial charge on any atom is 0.372 e. The molecule has 0 aliphatic carbocycles. The van der Waals surface area contributed by atoms with Gasteiger partial charge in [-0.1, -0.05) is 17.7 Å². The highest BCUT2D eigenvalue weighted by Gasteiger charge is 2.14. The first-order chi connectivity index (χ1) is 8.97. The van der Waals surface area contributed by atoms with Crippen LogP contribution in [0.2, 0.25) is 0 Å². The van der Waals surface area contributed by atoms with E-state index in [1.807, 2.05) is 32.0 Å². The van der Waals surface area contributed by atoms with E-state index in [0.29, 0.717) is 11.3 Å². The molecule has 0 saturated heterocycles. The van der Waals surface area contributed by atoms with E-state index in [1.165, 1.54) is 5.56 Å². The summed E-state index contributed by atoms with van der Waals surface area (Å²) >= 11 is 0. The normalized spacial score (nSPS) is 10.5. The van der Waals surface area contributed by atoms with Gasteiger partial charge in [0.2, 0.25) is 5.76 Å². The summed E-state index contributed by atoms with van der Waals surface area (Å²) < 4.78 is 10.9. The number of furan rings is 1. The summed E-state index contributed by atoms with van der Waals surface area (Å²) in [6, 6.07) is 7.59.